The quantitative estimate of drug-likeness (QED) is 0.665. The zero-order chi connectivity index (χ0) is 21.0. The van der Waals surface area contributed by atoms with Crippen LogP contribution in [0.15, 0.2) is 53.1 Å². The van der Waals surface area contributed by atoms with Gasteiger partial charge < -0.3 is 9.84 Å². The van der Waals surface area contributed by atoms with E-state index in [0.717, 1.165) is 36.8 Å². The lowest BCUT2D eigenvalue weighted by atomic mass is 9.83. The van der Waals surface area contributed by atoms with E-state index in [0.29, 0.717) is 18.1 Å². The fraction of sp³-hybridized carbons (Fsp3) is 0.333. The van der Waals surface area contributed by atoms with Gasteiger partial charge in [-0.3, -0.25) is 9.69 Å². The van der Waals surface area contributed by atoms with E-state index >= 15 is 0 Å². The molecular formula is C24H22N4O3. The Hall–Kier alpha value is -3.48. The molecule has 3 amide bonds. The average Bonchev–Trinajstić information content (AvgIpc) is 3.48. The summed E-state index contributed by atoms with van der Waals surface area (Å²) in [4.78, 5) is 31.8. The summed E-state index contributed by atoms with van der Waals surface area (Å²) < 4.78 is 5.45. The molecule has 2 heterocycles. The summed E-state index contributed by atoms with van der Waals surface area (Å²) in [5.74, 6) is 0.885. The van der Waals surface area contributed by atoms with Crippen molar-refractivity contribution in [2.45, 2.75) is 50.1 Å². The van der Waals surface area contributed by atoms with E-state index in [4.69, 9.17) is 4.52 Å². The number of hydrogen-bond donors (Lipinski definition) is 1. The van der Waals surface area contributed by atoms with Crippen molar-refractivity contribution in [1.82, 2.24) is 20.4 Å². The lowest BCUT2D eigenvalue weighted by Gasteiger charge is -2.22. The number of nitrogens with zero attached hydrogens (tertiary/aromatic N) is 3. The van der Waals surface area contributed by atoms with Gasteiger partial charge >= 0.3 is 6.03 Å². The van der Waals surface area contributed by atoms with Crippen molar-refractivity contribution in [3.05, 3.63) is 82.5 Å². The Morgan fingerprint density at radius 2 is 1.81 bits per heavy atom. The van der Waals surface area contributed by atoms with E-state index in [1.54, 1.807) is 0 Å². The van der Waals surface area contributed by atoms with Crippen LogP contribution in [0.5, 0.6) is 0 Å². The molecule has 1 aliphatic heterocycles. The van der Waals surface area contributed by atoms with E-state index in [9.17, 15) is 9.59 Å². The third-order valence-electron chi connectivity index (χ3n) is 6.91. The van der Waals surface area contributed by atoms with Crippen molar-refractivity contribution in [3.8, 4) is 0 Å². The number of aromatic nitrogens is 2. The van der Waals surface area contributed by atoms with Gasteiger partial charge in [0.25, 0.3) is 5.91 Å². The normalized spacial score (nSPS) is 24.4. The molecular weight excluding hydrogens is 392 g/mol. The molecule has 3 aromatic rings. The monoisotopic (exact) mass is 414 g/mol. The van der Waals surface area contributed by atoms with E-state index in [-0.39, 0.29) is 18.4 Å². The SMILES string of the molecule is O=C1NC2(CCc3ccccc32)C(=O)N1Cc1nc(C2CCc3ccccc3C2)no1. The summed E-state index contributed by atoms with van der Waals surface area (Å²) in [5, 5.41) is 7.11. The van der Waals surface area contributed by atoms with Crippen molar-refractivity contribution in [3.63, 3.8) is 0 Å². The lowest BCUT2D eigenvalue weighted by molar-refractivity contribution is -0.132. The van der Waals surface area contributed by atoms with Crippen molar-refractivity contribution in [2.24, 2.45) is 0 Å². The molecule has 0 saturated carbocycles. The highest BCUT2D eigenvalue weighted by Crippen LogP contribution is 2.41. The highest BCUT2D eigenvalue weighted by Gasteiger charge is 2.55. The van der Waals surface area contributed by atoms with Crippen LogP contribution in [0, 0.1) is 0 Å². The maximum atomic E-state index is 13.3. The molecule has 3 aliphatic rings. The number of benzene rings is 2. The topological polar surface area (TPSA) is 88.3 Å². The van der Waals surface area contributed by atoms with E-state index in [1.165, 1.54) is 16.0 Å². The van der Waals surface area contributed by atoms with Gasteiger partial charge in [-0.1, -0.05) is 53.7 Å². The van der Waals surface area contributed by atoms with Crippen molar-refractivity contribution in [1.29, 1.82) is 0 Å². The predicted octanol–water partition coefficient (Wildman–Crippen LogP) is 3.24. The zero-order valence-corrected chi connectivity index (χ0v) is 17.0. The highest BCUT2D eigenvalue weighted by atomic mass is 16.5. The Labute approximate surface area is 179 Å². The molecule has 0 bridgehead atoms. The smallest absolute Gasteiger partial charge is 0.325 e. The molecule has 1 fully saturated rings. The van der Waals surface area contributed by atoms with Crippen molar-refractivity contribution >= 4 is 11.9 Å². The molecule has 2 aromatic carbocycles. The van der Waals surface area contributed by atoms with Crippen LogP contribution in [-0.2, 0) is 36.1 Å². The van der Waals surface area contributed by atoms with Gasteiger partial charge in [-0.15, -0.1) is 0 Å². The second kappa shape index (κ2) is 6.77. The number of aryl methyl sites for hydroxylation is 2. The van der Waals surface area contributed by atoms with Gasteiger partial charge in [-0.2, -0.15) is 4.98 Å². The zero-order valence-electron chi connectivity index (χ0n) is 17.0. The van der Waals surface area contributed by atoms with Gasteiger partial charge in [-0.25, -0.2) is 4.79 Å². The number of imide groups is 1. The molecule has 156 valence electrons. The van der Waals surface area contributed by atoms with E-state index in [2.05, 4.69) is 39.7 Å². The Kier molecular flexibility index (Phi) is 4.00. The largest absolute Gasteiger partial charge is 0.337 e. The molecule has 6 rings (SSSR count). The number of urea groups is 1. The highest BCUT2D eigenvalue weighted by molar-refractivity contribution is 6.08. The molecule has 2 unspecified atom stereocenters. The Bertz CT molecular complexity index is 1200. The second-order valence-corrected chi connectivity index (χ2v) is 8.64. The van der Waals surface area contributed by atoms with Crippen LogP contribution in [0.2, 0.25) is 0 Å². The Morgan fingerprint density at radius 1 is 1.03 bits per heavy atom. The standard InChI is InChI=1S/C24H22N4O3/c29-22-24(12-11-16-6-3-4-8-19(16)24)26-23(30)28(22)14-20-25-21(27-31-20)18-10-9-15-5-1-2-7-17(15)13-18/h1-8,18H,9-14H2,(H,26,30). The van der Waals surface area contributed by atoms with Gasteiger partial charge in [0.1, 0.15) is 12.1 Å². The molecule has 0 radical (unpaired) electrons. The molecule has 31 heavy (non-hydrogen) atoms. The first kappa shape index (κ1) is 18.3. The van der Waals surface area contributed by atoms with Crippen LogP contribution in [0.25, 0.3) is 0 Å². The summed E-state index contributed by atoms with van der Waals surface area (Å²) in [6, 6.07) is 15.8. The number of amides is 3. The number of hydrogen-bond acceptors (Lipinski definition) is 5. The summed E-state index contributed by atoms with van der Waals surface area (Å²) in [6.07, 6.45) is 4.16. The summed E-state index contributed by atoms with van der Waals surface area (Å²) in [6.45, 7) is -0.00904. The molecule has 7 heteroatoms. The first-order valence-corrected chi connectivity index (χ1v) is 10.8. The predicted molar refractivity (Wildman–Crippen MR) is 111 cm³/mol. The van der Waals surface area contributed by atoms with Crippen molar-refractivity contribution in [2.75, 3.05) is 0 Å². The summed E-state index contributed by atoms with van der Waals surface area (Å²) in [5.41, 5.74) is 3.73. The minimum absolute atomic E-state index is 0.00904. The van der Waals surface area contributed by atoms with Crippen LogP contribution < -0.4 is 5.32 Å². The lowest BCUT2D eigenvalue weighted by Crippen LogP contribution is -2.41. The van der Waals surface area contributed by atoms with E-state index < -0.39 is 11.6 Å². The summed E-state index contributed by atoms with van der Waals surface area (Å²) >= 11 is 0. The van der Waals surface area contributed by atoms with Crippen molar-refractivity contribution < 1.29 is 14.1 Å². The number of nitrogens with one attached hydrogen (secondary N) is 1. The first-order chi connectivity index (χ1) is 15.1. The van der Waals surface area contributed by atoms with Crippen LogP contribution >= 0.6 is 0 Å². The van der Waals surface area contributed by atoms with Gasteiger partial charge in [0.15, 0.2) is 5.82 Å². The molecule has 2 aliphatic carbocycles. The number of carbonyl (C=O) groups is 2. The van der Waals surface area contributed by atoms with Gasteiger partial charge in [0, 0.05) is 5.92 Å². The van der Waals surface area contributed by atoms with E-state index in [1.807, 2.05) is 24.3 Å². The van der Waals surface area contributed by atoms with Crippen LogP contribution in [0.3, 0.4) is 0 Å². The molecule has 7 nitrogen and oxygen atoms in total. The molecule has 2 atom stereocenters. The second-order valence-electron chi connectivity index (χ2n) is 8.64. The fourth-order valence-corrected chi connectivity index (χ4v) is 5.28. The third-order valence-corrected chi connectivity index (χ3v) is 6.91. The summed E-state index contributed by atoms with van der Waals surface area (Å²) in [7, 11) is 0. The van der Waals surface area contributed by atoms with Gasteiger partial charge in [-0.05, 0) is 54.4 Å². The third kappa shape index (κ3) is 2.80. The Morgan fingerprint density at radius 3 is 2.68 bits per heavy atom. The molecule has 1 saturated heterocycles. The van der Waals surface area contributed by atoms with Crippen LogP contribution in [-0.4, -0.2) is 27.0 Å². The maximum Gasteiger partial charge on any atom is 0.325 e. The minimum Gasteiger partial charge on any atom is -0.337 e. The van der Waals surface area contributed by atoms with Crippen LogP contribution in [0.1, 0.15) is 52.7 Å². The number of fused-ring (bicyclic) bond motifs is 3. The average molecular weight is 414 g/mol. The van der Waals surface area contributed by atoms with Gasteiger partial charge in [0.2, 0.25) is 5.89 Å². The fourth-order valence-electron chi connectivity index (χ4n) is 5.28. The Balaban J connectivity index is 1.21. The molecule has 1 N–H and O–H groups in total. The first-order valence-electron chi connectivity index (χ1n) is 10.8. The number of carbonyl (C=O) groups excluding carboxylic acids is 2. The number of rotatable bonds is 3. The molecule has 1 aromatic heterocycles. The van der Waals surface area contributed by atoms with Crippen LogP contribution in [0.4, 0.5) is 4.79 Å². The minimum atomic E-state index is -0.969. The molecule has 1 spiro atoms. The van der Waals surface area contributed by atoms with Gasteiger partial charge in [0.05, 0.1) is 0 Å². The maximum absolute atomic E-state index is 13.3.